The highest BCUT2D eigenvalue weighted by molar-refractivity contribution is 5.96. The van der Waals surface area contributed by atoms with E-state index in [0.717, 1.165) is 38.0 Å². The van der Waals surface area contributed by atoms with Gasteiger partial charge in [-0.15, -0.1) is 0 Å². The first-order valence-corrected chi connectivity index (χ1v) is 11.3. The molecule has 1 aromatic heterocycles. The maximum Gasteiger partial charge on any atom is 0.305 e. The number of carboxylic acid groups (broad SMARTS) is 1. The molecule has 0 bridgehead atoms. The number of anilines is 2. The molecule has 9 heteroatoms. The monoisotopic (exact) mass is 451 g/mol. The number of hydrogen-bond donors (Lipinski definition) is 3. The molecule has 2 heterocycles. The molecule has 1 saturated carbocycles. The van der Waals surface area contributed by atoms with Crippen molar-refractivity contribution < 1.29 is 19.5 Å². The molecule has 4 rings (SSSR count). The fraction of sp³-hybridized carbons (Fsp3) is 0.417. The number of pyridine rings is 1. The lowest BCUT2D eigenvalue weighted by atomic mass is 10.0. The van der Waals surface area contributed by atoms with Crippen molar-refractivity contribution in [2.24, 2.45) is 5.92 Å². The highest BCUT2D eigenvalue weighted by Gasteiger charge is 2.34. The van der Waals surface area contributed by atoms with Gasteiger partial charge in [0.15, 0.2) is 0 Å². The summed E-state index contributed by atoms with van der Waals surface area (Å²) in [5.74, 6) is -0.938. The molecular formula is C24H29N5O4. The Bertz CT molecular complexity index is 1020. The van der Waals surface area contributed by atoms with Crippen LogP contribution >= 0.6 is 0 Å². The highest BCUT2D eigenvalue weighted by atomic mass is 16.4. The largest absolute Gasteiger partial charge is 0.481 e. The van der Waals surface area contributed by atoms with Crippen molar-refractivity contribution in [1.82, 2.24) is 15.2 Å². The van der Waals surface area contributed by atoms with Crippen LogP contribution < -0.4 is 16.0 Å². The van der Waals surface area contributed by atoms with E-state index in [2.05, 4.69) is 15.2 Å². The summed E-state index contributed by atoms with van der Waals surface area (Å²) < 4.78 is 0. The second-order valence-corrected chi connectivity index (χ2v) is 8.62. The van der Waals surface area contributed by atoms with E-state index in [1.54, 1.807) is 36.7 Å². The number of nitrogens with two attached hydrogens (primary N) is 1. The fourth-order valence-corrected chi connectivity index (χ4v) is 4.20. The van der Waals surface area contributed by atoms with Gasteiger partial charge in [0, 0.05) is 50.1 Å². The van der Waals surface area contributed by atoms with E-state index in [0.29, 0.717) is 29.9 Å². The van der Waals surface area contributed by atoms with Crippen molar-refractivity contribution in [2.45, 2.75) is 31.7 Å². The third-order valence-electron chi connectivity index (χ3n) is 6.14. The van der Waals surface area contributed by atoms with Crippen LogP contribution in [0.5, 0.6) is 0 Å². The highest BCUT2D eigenvalue weighted by Crippen LogP contribution is 2.32. The first kappa shape index (κ1) is 22.6. The number of nitrogens with one attached hydrogen (secondary N) is 1. The van der Waals surface area contributed by atoms with Crippen molar-refractivity contribution in [1.29, 1.82) is 0 Å². The van der Waals surface area contributed by atoms with Gasteiger partial charge in [0.2, 0.25) is 5.91 Å². The molecule has 1 aliphatic carbocycles. The van der Waals surface area contributed by atoms with Crippen molar-refractivity contribution in [2.75, 3.05) is 36.8 Å². The van der Waals surface area contributed by atoms with Crippen molar-refractivity contribution in [3.8, 4) is 0 Å². The third kappa shape index (κ3) is 5.60. The van der Waals surface area contributed by atoms with Crippen LogP contribution in [0.2, 0.25) is 0 Å². The number of aliphatic carboxylic acids is 1. The smallest absolute Gasteiger partial charge is 0.305 e. The molecular weight excluding hydrogens is 422 g/mol. The summed E-state index contributed by atoms with van der Waals surface area (Å²) in [6, 6.07) is 7.85. The molecule has 4 N–H and O–H groups in total. The number of benzene rings is 1. The minimum absolute atomic E-state index is 0.219. The topological polar surface area (TPSA) is 129 Å². The Morgan fingerprint density at radius 1 is 1.15 bits per heavy atom. The maximum atomic E-state index is 12.9. The molecule has 2 aliphatic rings. The van der Waals surface area contributed by atoms with Gasteiger partial charge in [-0.05, 0) is 49.1 Å². The zero-order chi connectivity index (χ0) is 23.4. The van der Waals surface area contributed by atoms with Gasteiger partial charge in [0.25, 0.3) is 5.91 Å². The number of hydrogen-bond acceptors (Lipinski definition) is 6. The van der Waals surface area contributed by atoms with Gasteiger partial charge in [-0.25, -0.2) is 0 Å². The summed E-state index contributed by atoms with van der Waals surface area (Å²) in [5, 5.41) is 12.0. The van der Waals surface area contributed by atoms with Crippen LogP contribution in [0, 0.1) is 5.92 Å². The number of carbonyl (C=O) groups excluding carboxylic acids is 2. The Balaban J connectivity index is 1.43. The predicted molar refractivity (Wildman–Crippen MR) is 124 cm³/mol. The van der Waals surface area contributed by atoms with E-state index < -0.39 is 17.9 Å². The Labute approximate surface area is 192 Å². The SMILES string of the molecule is Nc1cc(C(=O)NC(CC(=O)O)c2cccnc2)ccc1N1CCCN(C(=O)C2CC2)CC1. The average Bonchev–Trinajstić information content (AvgIpc) is 3.66. The van der Waals surface area contributed by atoms with Gasteiger partial charge in [0.05, 0.1) is 23.8 Å². The van der Waals surface area contributed by atoms with Gasteiger partial charge in [-0.1, -0.05) is 6.07 Å². The van der Waals surface area contributed by atoms with Crippen LogP contribution in [-0.4, -0.2) is 59.0 Å². The fourth-order valence-electron chi connectivity index (χ4n) is 4.20. The Morgan fingerprint density at radius 3 is 2.64 bits per heavy atom. The second kappa shape index (κ2) is 9.89. The van der Waals surface area contributed by atoms with E-state index in [9.17, 15) is 19.5 Å². The van der Waals surface area contributed by atoms with E-state index in [1.807, 2.05) is 11.0 Å². The normalized spacial score (nSPS) is 17.2. The molecule has 9 nitrogen and oxygen atoms in total. The zero-order valence-electron chi connectivity index (χ0n) is 18.4. The summed E-state index contributed by atoms with van der Waals surface area (Å²) in [6.07, 6.45) is 5.75. The van der Waals surface area contributed by atoms with Crippen molar-refractivity contribution in [3.05, 3.63) is 53.9 Å². The number of nitrogens with zero attached hydrogens (tertiary/aromatic N) is 3. The number of carboxylic acids is 1. The lowest BCUT2D eigenvalue weighted by Crippen LogP contribution is -2.36. The van der Waals surface area contributed by atoms with E-state index in [-0.39, 0.29) is 18.2 Å². The first-order chi connectivity index (χ1) is 15.9. The van der Waals surface area contributed by atoms with Crippen LogP contribution in [0.25, 0.3) is 0 Å². The minimum Gasteiger partial charge on any atom is -0.481 e. The maximum absolute atomic E-state index is 12.9. The van der Waals surface area contributed by atoms with Gasteiger partial charge >= 0.3 is 5.97 Å². The molecule has 2 aromatic rings. The number of aromatic nitrogens is 1. The summed E-state index contributed by atoms with van der Waals surface area (Å²) in [4.78, 5) is 44.7. The zero-order valence-corrected chi connectivity index (χ0v) is 18.4. The van der Waals surface area contributed by atoms with Crippen molar-refractivity contribution >= 4 is 29.2 Å². The second-order valence-electron chi connectivity index (χ2n) is 8.62. The molecule has 174 valence electrons. The Morgan fingerprint density at radius 2 is 1.97 bits per heavy atom. The van der Waals surface area contributed by atoms with Crippen LogP contribution in [0.4, 0.5) is 11.4 Å². The third-order valence-corrected chi connectivity index (χ3v) is 6.14. The van der Waals surface area contributed by atoms with Crippen LogP contribution in [0.15, 0.2) is 42.7 Å². The quantitative estimate of drug-likeness (QED) is 0.550. The van der Waals surface area contributed by atoms with Gasteiger partial charge in [-0.2, -0.15) is 0 Å². The molecule has 2 amide bonds. The molecule has 1 aromatic carbocycles. The molecule has 0 spiro atoms. The summed E-state index contributed by atoms with van der Waals surface area (Å²) in [7, 11) is 0. The molecule has 33 heavy (non-hydrogen) atoms. The minimum atomic E-state index is -1.02. The van der Waals surface area contributed by atoms with Gasteiger partial charge < -0.3 is 26.0 Å². The van der Waals surface area contributed by atoms with E-state index >= 15 is 0 Å². The van der Waals surface area contributed by atoms with Crippen molar-refractivity contribution in [3.63, 3.8) is 0 Å². The van der Waals surface area contributed by atoms with Crippen LogP contribution in [0.1, 0.15) is 47.6 Å². The van der Waals surface area contributed by atoms with Gasteiger partial charge in [0.1, 0.15) is 0 Å². The molecule has 1 atom stereocenters. The Kier molecular flexibility index (Phi) is 6.76. The Hall–Kier alpha value is -3.62. The summed E-state index contributed by atoms with van der Waals surface area (Å²) >= 11 is 0. The number of nitrogen functional groups attached to an aromatic ring is 1. The standard InChI is InChI=1S/C24H29N5O4/c25-19-13-17(23(32)27-20(14-22(30)31)18-3-1-8-26-15-18)6-7-21(19)28-9-2-10-29(12-11-28)24(33)16-4-5-16/h1,3,6-8,13,15-16,20H,2,4-5,9-12,14,25H2,(H,27,32)(H,30,31). The summed E-state index contributed by atoms with van der Waals surface area (Å²) in [6.45, 7) is 2.90. The molecule has 1 unspecified atom stereocenters. The van der Waals surface area contributed by atoms with Crippen LogP contribution in [0.3, 0.4) is 0 Å². The number of amides is 2. The molecule has 0 radical (unpaired) electrons. The first-order valence-electron chi connectivity index (χ1n) is 11.3. The molecule has 2 fully saturated rings. The van der Waals surface area contributed by atoms with Crippen LogP contribution in [-0.2, 0) is 9.59 Å². The lowest BCUT2D eigenvalue weighted by molar-refractivity contribution is -0.137. The average molecular weight is 452 g/mol. The van der Waals surface area contributed by atoms with E-state index in [1.165, 1.54) is 0 Å². The van der Waals surface area contributed by atoms with Gasteiger partial charge in [-0.3, -0.25) is 19.4 Å². The number of carbonyl (C=O) groups is 3. The molecule has 1 aliphatic heterocycles. The predicted octanol–water partition coefficient (Wildman–Crippen LogP) is 2.06. The van der Waals surface area contributed by atoms with E-state index in [4.69, 9.17) is 5.73 Å². The molecule has 1 saturated heterocycles. The number of rotatable bonds is 7. The summed E-state index contributed by atoms with van der Waals surface area (Å²) in [5.41, 5.74) is 8.59. The lowest BCUT2D eigenvalue weighted by Gasteiger charge is -2.25.